The summed E-state index contributed by atoms with van der Waals surface area (Å²) >= 11 is 0. The van der Waals surface area contributed by atoms with Gasteiger partial charge in [-0.25, -0.2) is 0 Å². The molecule has 16 heavy (non-hydrogen) atoms. The van der Waals surface area contributed by atoms with Gasteiger partial charge in [-0.05, 0) is 19.1 Å². The first-order valence-electron chi connectivity index (χ1n) is 4.56. The zero-order chi connectivity index (χ0) is 12.0. The number of halogens is 2. The second-order valence-electron chi connectivity index (χ2n) is 2.85. The number of carbonyl (C=O) groups excluding carboxylic acids is 1. The van der Waals surface area contributed by atoms with Crippen molar-refractivity contribution in [2.45, 2.75) is 6.92 Å². The molecule has 1 rings (SSSR count). The van der Waals surface area contributed by atoms with Gasteiger partial charge in [0.2, 0.25) is 17.8 Å². The summed E-state index contributed by atoms with van der Waals surface area (Å²) < 4.78 is 25.4. The van der Waals surface area contributed by atoms with Crippen molar-refractivity contribution in [1.82, 2.24) is 4.98 Å². The standard InChI is InChI=1S/C11H10F2N2O/c1-2-3-4-5-10(16)14-8-6-7-9(12)15-11(8)13/h2-7H,1H3,(H,14,16). The van der Waals surface area contributed by atoms with E-state index in [1.807, 2.05) is 0 Å². The van der Waals surface area contributed by atoms with Crippen LogP contribution in [-0.2, 0) is 4.79 Å². The van der Waals surface area contributed by atoms with E-state index in [9.17, 15) is 13.6 Å². The molecule has 84 valence electrons. The van der Waals surface area contributed by atoms with Crippen LogP contribution >= 0.6 is 0 Å². The van der Waals surface area contributed by atoms with Crippen molar-refractivity contribution in [2.75, 3.05) is 5.32 Å². The van der Waals surface area contributed by atoms with Gasteiger partial charge in [-0.3, -0.25) is 4.79 Å². The fourth-order valence-corrected chi connectivity index (χ4v) is 0.934. The third-order valence-electron chi connectivity index (χ3n) is 1.62. The van der Waals surface area contributed by atoms with Gasteiger partial charge in [-0.15, -0.1) is 0 Å². The van der Waals surface area contributed by atoms with E-state index in [0.717, 1.165) is 12.1 Å². The molecular formula is C11H10F2N2O. The summed E-state index contributed by atoms with van der Waals surface area (Å²) in [6.45, 7) is 1.80. The maximum atomic E-state index is 13.0. The first-order valence-corrected chi connectivity index (χ1v) is 4.56. The van der Waals surface area contributed by atoms with Gasteiger partial charge in [-0.1, -0.05) is 18.2 Å². The molecule has 0 fully saturated rings. The number of hydrogen-bond donors (Lipinski definition) is 1. The summed E-state index contributed by atoms with van der Waals surface area (Å²) in [4.78, 5) is 14.1. The number of carbonyl (C=O) groups is 1. The number of rotatable bonds is 3. The average molecular weight is 224 g/mol. The van der Waals surface area contributed by atoms with Crippen LogP contribution in [0.2, 0.25) is 0 Å². The molecule has 1 N–H and O–H groups in total. The summed E-state index contributed by atoms with van der Waals surface area (Å²) in [6, 6.07) is 2.08. The number of nitrogens with zero attached hydrogens (tertiary/aromatic N) is 1. The third kappa shape index (κ3) is 3.61. The van der Waals surface area contributed by atoms with Crippen molar-refractivity contribution >= 4 is 11.6 Å². The molecule has 0 aromatic carbocycles. The van der Waals surface area contributed by atoms with Gasteiger partial charge < -0.3 is 5.32 Å². The van der Waals surface area contributed by atoms with E-state index in [0.29, 0.717) is 0 Å². The molecule has 0 atom stereocenters. The molecule has 0 radical (unpaired) electrons. The quantitative estimate of drug-likeness (QED) is 0.486. The number of amides is 1. The van der Waals surface area contributed by atoms with Gasteiger partial charge in [0, 0.05) is 6.08 Å². The first kappa shape index (κ1) is 12.0. The molecule has 1 amide bonds. The molecule has 0 bridgehead atoms. The number of hydrogen-bond acceptors (Lipinski definition) is 2. The highest BCUT2D eigenvalue weighted by Crippen LogP contribution is 2.11. The Bertz CT molecular complexity index is 442. The van der Waals surface area contributed by atoms with E-state index < -0.39 is 17.8 Å². The predicted molar refractivity (Wildman–Crippen MR) is 56.7 cm³/mol. The second-order valence-corrected chi connectivity index (χ2v) is 2.85. The second kappa shape index (κ2) is 5.75. The molecule has 0 unspecified atom stereocenters. The molecule has 1 aromatic rings. The van der Waals surface area contributed by atoms with Gasteiger partial charge in [0.25, 0.3) is 0 Å². The summed E-state index contributed by atoms with van der Waals surface area (Å²) in [5, 5.41) is 2.23. The largest absolute Gasteiger partial charge is 0.319 e. The molecule has 0 saturated heterocycles. The lowest BCUT2D eigenvalue weighted by Gasteiger charge is -2.01. The number of aromatic nitrogens is 1. The summed E-state index contributed by atoms with van der Waals surface area (Å²) in [5.74, 6) is -2.49. The molecule has 1 aromatic heterocycles. The number of nitrogens with one attached hydrogen (secondary N) is 1. The molecule has 1 heterocycles. The first-order chi connectivity index (χ1) is 7.63. The van der Waals surface area contributed by atoms with Crippen LogP contribution in [0.4, 0.5) is 14.5 Å². The van der Waals surface area contributed by atoms with Gasteiger partial charge in [0.1, 0.15) is 0 Å². The molecule has 0 aliphatic carbocycles. The van der Waals surface area contributed by atoms with Crippen molar-refractivity contribution in [3.8, 4) is 0 Å². The Morgan fingerprint density at radius 3 is 2.75 bits per heavy atom. The number of pyridine rings is 1. The smallest absolute Gasteiger partial charge is 0.248 e. The van der Waals surface area contributed by atoms with E-state index in [4.69, 9.17) is 0 Å². The van der Waals surface area contributed by atoms with E-state index in [1.165, 1.54) is 12.2 Å². The Kier molecular flexibility index (Phi) is 4.32. The van der Waals surface area contributed by atoms with Crippen LogP contribution in [0.5, 0.6) is 0 Å². The van der Waals surface area contributed by atoms with E-state index >= 15 is 0 Å². The summed E-state index contributed by atoms with van der Waals surface area (Å²) in [7, 11) is 0. The van der Waals surface area contributed by atoms with Crippen molar-refractivity contribution in [2.24, 2.45) is 0 Å². The lowest BCUT2D eigenvalue weighted by Crippen LogP contribution is -2.10. The van der Waals surface area contributed by atoms with Crippen LogP contribution < -0.4 is 5.32 Å². The van der Waals surface area contributed by atoms with Crippen LogP contribution in [0.15, 0.2) is 36.4 Å². The highest BCUT2D eigenvalue weighted by atomic mass is 19.1. The third-order valence-corrected chi connectivity index (χ3v) is 1.62. The Labute approximate surface area is 91.5 Å². The normalized spacial score (nSPS) is 11.2. The molecule has 0 saturated carbocycles. The lowest BCUT2D eigenvalue weighted by atomic mass is 10.3. The van der Waals surface area contributed by atoms with Gasteiger partial charge in [-0.2, -0.15) is 13.8 Å². The zero-order valence-electron chi connectivity index (χ0n) is 8.58. The number of allylic oxidation sites excluding steroid dienone is 3. The SMILES string of the molecule is CC=CC=CC(=O)Nc1ccc(F)nc1F. The van der Waals surface area contributed by atoms with Crippen molar-refractivity contribution < 1.29 is 13.6 Å². The highest BCUT2D eigenvalue weighted by Gasteiger charge is 2.06. The van der Waals surface area contributed by atoms with Crippen molar-refractivity contribution in [1.29, 1.82) is 0 Å². The van der Waals surface area contributed by atoms with E-state index in [2.05, 4.69) is 10.3 Å². The predicted octanol–water partition coefficient (Wildman–Crippen LogP) is 2.43. The van der Waals surface area contributed by atoms with E-state index in [-0.39, 0.29) is 5.69 Å². The van der Waals surface area contributed by atoms with Crippen LogP contribution in [0.3, 0.4) is 0 Å². The summed E-state index contributed by atoms with van der Waals surface area (Å²) in [6.07, 6.45) is 6.12. The highest BCUT2D eigenvalue weighted by molar-refractivity contribution is 5.99. The minimum atomic E-state index is -1.05. The molecule has 3 nitrogen and oxygen atoms in total. The fraction of sp³-hybridized carbons (Fsp3) is 0.0909. The van der Waals surface area contributed by atoms with Crippen LogP contribution in [0.25, 0.3) is 0 Å². The van der Waals surface area contributed by atoms with Gasteiger partial charge in [0.05, 0.1) is 5.69 Å². The Morgan fingerprint density at radius 2 is 2.12 bits per heavy atom. The zero-order valence-corrected chi connectivity index (χ0v) is 8.58. The Hall–Kier alpha value is -2.04. The molecule has 0 aliphatic rings. The minimum Gasteiger partial charge on any atom is -0.319 e. The van der Waals surface area contributed by atoms with Gasteiger partial charge >= 0.3 is 0 Å². The average Bonchev–Trinajstić information content (AvgIpc) is 2.23. The monoisotopic (exact) mass is 224 g/mol. The molecule has 0 spiro atoms. The van der Waals surface area contributed by atoms with Crippen LogP contribution in [0.1, 0.15) is 6.92 Å². The Balaban J connectivity index is 2.70. The summed E-state index contributed by atoms with van der Waals surface area (Å²) in [5.41, 5.74) is -0.156. The number of anilines is 1. The Morgan fingerprint density at radius 1 is 1.38 bits per heavy atom. The molecule has 5 heteroatoms. The van der Waals surface area contributed by atoms with E-state index in [1.54, 1.807) is 19.1 Å². The van der Waals surface area contributed by atoms with Crippen molar-refractivity contribution in [3.63, 3.8) is 0 Å². The van der Waals surface area contributed by atoms with Crippen molar-refractivity contribution in [3.05, 3.63) is 48.3 Å². The van der Waals surface area contributed by atoms with Crippen LogP contribution in [0, 0.1) is 11.9 Å². The maximum Gasteiger partial charge on any atom is 0.248 e. The maximum absolute atomic E-state index is 13.0. The van der Waals surface area contributed by atoms with Gasteiger partial charge in [0.15, 0.2) is 0 Å². The molecule has 0 aliphatic heterocycles. The lowest BCUT2D eigenvalue weighted by molar-refractivity contribution is -0.111. The minimum absolute atomic E-state index is 0.156. The molecular weight excluding hydrogens is 214 g/mol. The van der Waals surface area contributed by atoms with Crippen LogP contribution in [-0.4, -0.2) is 10.9 Å². The topological polar surface area (TPSA) is 42.0 Å². The fourth-order valence-electron chi connectivity index (χ4n) is 0.934.